The Hall–Kier alpha value is 1.06. The number of rotatable bonds is 4. The summed E-state index contributed by atoms with van der Waals surface area (Å²) in [6.07, 6.45) is 0. The van der Waals surface area contributed by atoms with Gasteiger partial charge in [0.05, 0.1) is 0 Å². The van der Waals surface area contributed by atoms with Gasteiger partial charge < -0.3 is 30.2 Å². The van der Waals surface area contributed by atoms with E-state index in [0.717, 1.165) is 0 Å². The summed E-state index contributed by atoms with van der Waals surface area (Å²) in [5.74, 6) is 0. The van der Waals surface area contributed by atoms with Gasteiger partial charge in [-0.05, 0) is 0 Å². The van der Waals surface area contributed by atoms with Crippen molar-refractivity contribution in [1.82, 2.24) is 0 Å². The molecule has 10 nitrogen and oxygen atoms in total. The average molecular weight is 278 g/mol. The SMILES string of the molecule is O=S(=O)(O[Si](O)(O)O)O[Si](O)(O)O.[H-].[Na+]. The monoisotopic (exact) mass is 278 g/mol. The summed E-state index contributed by atoms with van der Waals surface area (Å²) in [5.41, 5.74) is 0. The summed E-state index contributed by atoms with van der Waals surface area (Å²) in [5, 5.41) is 0. The van der Waals surface area contributed by atoms with Crippen molar-refractivity contribution in [3.63, 3.8) is 0 Å². The van der Waals surface area contributed by atoms with Crippen molar-refractivity contribution >= 4 is 28.5 Å². The molecule has 0 rings (SSSR count). The van der Waals surface area contributed by atoms with E-state index in [4.69, 9.17) is 28.8 Å². The largest absolute Gasteiger partial charge is 1.00 e. The van der Waals surface area contributed by atoms with E-state index < -0.39 is 28.5 Å². The molecule has 0 fully saturated rings. The summed E-state index contributed by atoms with van der Waals surface area (Å²) in [6, 6.07) is 0. The Morgan fingerprint density at radius 1 is 0.857 bits per heavy atom. The minimum Gasteiger partial charge on any atom is -1.00 e. The van der Waals surface area contributed by atoms with Gasteiger partial charge in [0, 0.05) is 0 Å². The van der Waals surface area contributed by atoms with E-state index >= 15 is 0 Å². The van der Waals surface area contributed by atoms with Crippen molar-refractivity contribution in [2.45, 2.75) is 0 Å². The molecular weight excluding hydrogens is 271 g/mol. The van der Waals surface area contributed by atoms with Crippen LogP contribution in [0.15, 0.2) is 0 Å². The molecule has 0 aliphatic rings. The van der Waals surface area contributed by atoms with Crippen molar-refractivity contribution in [3.05, 3.63) is 0 Å². The molecule has 0 radical (unpaired) electrons. The summed E-state index contributed by atoms with van der Waals surface area (Å²) in [6.45, 7) is 0. The smallest absolute Gasteiger partial charge is 1.00 e. The van der Waals surface area contributed by atoms with E-state index in [1.165, 1.54) is 0 Å². The maximum atomic E-state index is 10.3. The van der Waals surface area contributed by atoms with Gasteiger partial charge >= 0.3 is 58.1 Å². The van der Waals surface area contributed by atoms with Crippen LogP contribution in [-0.2, 0) is 18.1 Å². The Morgan fingerprint density at radius 3 is 1.21 bits per heavy atom. The van der Waals surface area contributed by atoms with Crippen LogP contribution in [0, 0.1) is 0 Å². The Kier molecular flexibility index (Phi) is 6.75. The quantitative estimate of drug-likeness (QED) is 0.271. The number of hydrogen-bond donors (Lipinski definition) is 6. The first kappa shape index (κ1) is 17.5. The van der Waals surface area contributed by atoms with E-state index in [2.05, 4.69) is 7.74 Å². The van der Waals surface area contributed by atoms with Gasteiger partial charge in [0.2, 0.25) is 0 Å². The van der Waals surface area contributed by atoms with Crippen LogP contribution < -0.4 is 29.6 Å². The van der Waals surface area contributed by atoms with Crippen molar-refractivity contribution in [3.8, 4) is 0 Å². The second-order valence-electron chi connectivity index (χ2n) is 1.72. The fraction of sp³-hybridized carbons (Fsp3) is 0. The van der Waals surface area contributed by atoms with Crippen LogP contribution in [0.1, 0.15) is 1.43 Å². The van der Waals surface area contributed by atoms with Gasteiger partial charge in [0.15, 0.2) is 0 Å². The molecule has 0 aliphatic carbocycles. The Bertz CT molecular complexity index is 238. The van der Waals surface area contributed by atoms with Crippen LogP contribution in [0.3, 0.4) is 0 Å². The zero-order valence-corrected chi connectivity index (χ0v) is 11.5. The first-order valence-electron chi connectivity index (χ1n) is 2.42. The third-order valence-electron chi connectivity index (χ3n) is 0.428. The van der Waals surface area contributed by atoms with Gasteiger partial charge in [0.1, 0.15) is 0 Å². The van der Waals surface area contributed by atoms with Crippen molar-refractivity contribution in [2.24, 2.45) is 0 Å². The molecule has 0 heterocycles. The topological polar surface area (TPSA) is 174 Å². The first-order valence-corrected chi connectivity index (χ1v) is 7.25. The fourth-order valence-corrected chi connectivity index (χ4v) is 2.92. The molecule has 14 heteroatoms. The molecule has 0 aliphatic heterocycles. The third-order valence-corrected chi connectivity index (χ3v) is 3.85. The van der Waals surface area contributed by atoms with Gasteiger partial charge in [-0.25, -0.2) is 7.74 Å². The summed E-state index contributed by atoms with van der Waals surface area (Å²) < 4.78 is 26.9. The van der Waals surface area contributed by atoms with Gasteiger partial charge in [-0.3, -0.25) is 0 Å². The van der Waals surface area contributed by atoms with Crippen molar-refractivity contribution in [1.29, 1.82) is 0 Å². The van der Waals surface area contributed by atoms with E-state index in [9.17, 15) is 8.42 Å². The van der Waals surface area contributed by atoms with Gasteiger partial charge in [0.25, 0.3) is 0 Å². The Labute approximate surface area is 104 Å². The van der Waals surface area contributed by atoms with E-state index in [1.807, 2.05) is 0 Å². The van der Waals surface area contributed by atoms with Crippen molar-refractivity contribution in [2.75, 3.05) is 0 Å². The predicted octanol–water partition coefficient (Wildman–Crippen LogP) is -7.79. The maximum absolute atomic E-state index is 10.3. The molecule has 0 bridgehead atoms. The van der Waals surface area contributed by atoms with Crippen molar-refractivity contribution < 1.29 is 75.9 Å². The standard InChI is InChI=1S/Na.H6O10SSi2.H/c;1-11(2,9-12(3,4)5)10-13(6,7)8;/h;3-8H;/q+1;;-1. The molecule has 82 valence electrons. The molecule has 14 heavy (non-hydrogen) atoms. The van der Waals surface area contributed by atoms with Crippen LogP contribution in [-0.4, -0.2) is 55.3 Å². The fourth-order valence-electron chi connectivity index (χ4n) is 0.291. The van der Waals surface area contributed by atoms with Gasteiger partial charge in [-0.15, -0.1) is 0 Å². The zero-order chi connectivity index (χ0) is 10.9. The maximum Gasteiger partial charge on any atom is 1.00 e. The summed E-state index contributed by atoms with van der Waals surface area (Å²) in [4.78, 5) is 48.5. The number of hydrogen-bond acceptors (Lipinski definition) is 10. The second kappa shape index (κ2) is 5.41. The van der Waals surface area contributed by atoms with Crippen LogP contribution in [0.2, 0.25) is 0 Å². The molecule has 0 amide bonds. The molecule has 0 aromatic carbocycles. The van der Waals surface area contributed by atoms with E-state index in [-0.39, 0.29) is 31.0 Å². The van der Waals surface area contributed by atoms with Crippen LogP contribution in [0.4, 0.5) is 0 Å². The van der Waals surface area contributed by atoms with Crippen LogP contribution in [0.5, 0.6) is 0 Å². The second-order valence-corrected chi connectivity index (χ2v) is 6.17. The first-order chi connectivity index (χ1) is 5.41. The molecule has 0 aromatic rings. The average Bonchev–Trinajstić information content (AvgIpc) is 1.43. The molecular formula is H7NaO10SSi2. The molecule has 0 aromatic heterocycles. The predicted molar refractivity (Wildman–Crippen MR) is 37.0 cm³/mol. The van der Waals surface area contributed by atoms with E-state index in [1.54, 1.807) is 0 Å². The molecule has 0 saturated heterocycles. The third kappa shape index (κ3) is 11.1. The van der Waals surface area contributed by atoms with Gasteiger partial charge in [-0.2, -0.15) is 8.42 Å². The molecule has 0 unspecified atom stereocenters. The molecule has 0 saturated carbocycles. The van der Waals surface area contributed by atoms with Crippen LogP contribution in [0.25, 0.3) is 0 Å². The Balaban J connectivity index is -0.000000720. The van der Waals surface area contributed by atoms with E-state index in [0.29, 0.717) is 0 Å². The normalized spacial score (nSPS) is 13.6. The molecule has 6 N–H and O–H groups in total. The molecule has 0 spiro atoms. The van der Waals surface area contributed by atoms with Crippen LogP contribution >= 0.6 is 0 Å². The zero-order valence-electron chi connectivity index (χ0n) is 7.72. The Morgan fingerprint density at radius 2 is 1.07 bits per heavy atom. The van der Waals surface area contributed by atoms with Gasteiger partial charge in [-0.1, -0.05) is 0 Å². The summed E-state index contributed by atoms with van der Waals surface area (Å²) >= 11 is 0. The molecule has 0 atom stereocenters. The minimum atomic E-state index is -5.42. The minimum absolute atomic E-state index is 0. The summed E-state index contributed by atoms with van der Waals surface area (Å²) in [7, 11) is -16.1.